The Morgan fingerprint density at radius 3 is 2.39 bits per heavy atom. The highest BCUT2D eigenvalue weighted by Gasteiger charge is 2.36. The molecule has 0 N–H and O–H groups in total. The number of benzene rings is 1. The molecule has 7 nitrogen and oxygen atoms in total. The second-order valence-corrected chi connectivity index (χ2v) is 9.04. The van der Waals surface area contributed by atoms with E-state index in [4.69, 9.17) is 23.8 Å². The molecule has 0 unspecified atom stereocenters. The Balaban J connectivity index is 1.73. The monoisotopic (exact) mass is 455 g/mol. The van der Waals surface area contributed by atoms with E-state index in [2.05, 4.69) is 5.10 Å². The van der Waals surface area contributed by atoms with Crippen molar-refractivity contribution in [1.29, 1.82) is 0 Å². The molecule has 0 amide bonds. The van der Waals surface area contributed by atoms with Crippen LogP contribution in [0.2, 0.25) is 5.02 Å². The third kappa shape index (κ3) is 4.25. The van der Waals surface area contributed by atoms with Crippen LogP contribution in [-0.2, 0) is 29.9 Å². The lowest BCUT2D eigenvalue weighted by Gasteiger charge is -2.33. The number of rotatable bonds is 4. The van der Waals surface area contributed by atoms with Crippen molar-refractivity contribution in [2.24, 2.45) is 7.05 Å². The summed E-state index contributed by atoms with van der Waals surface area (Å²) in [5.41, 5.74) is -1.17. The molecule has 1 aliphatic heterocycles. The number of aromatic nitrogens is 3. The highest BCUT2D eigenvalue weighted by atomic mass is 35.5. The number of piperazine rings is 1. The lowest BCUT2D eigenvalue weighted by molar-refractivity contribution is -0.137. The van der Waals surface area contributed by atoms with Crippen molar-refractivity contribution in [1.82, 2.24) is 23.6 Å². The summed E-state index contributed by atoms with van der Waals surface area (Å²) in [6, 6.07) is 2.63. The van der Waals surface area contributed by atoms with Gasteiger partial charge in [0.2, 0.25) is 10.0 Å². The molecule has 1 aliphatic rings. The van der Waals surface area contributed by atoms with Gasteiger partial charge in [0.25, 0.3) is 0 Å². The summed E-state index contributed by atoms with van der Waals surface area (Å²) in [4.78, 5) is 1.54. The van der Waals surface area contributed by atoms with E-state index in [1.807, 2.05) is 4.90 Å². The van der Waals surface area contributed by atoms with Gasteiger partial charge >= 0.3 is 6.18 Å². The molecule has 154 valence electrons. The van der Waals surface area contributed by atoms with E-state index in [9.17, 15) is 21.6 Å². The van der Waals surface area contributed by atoms with Crippen molar-refractivity contribution < 1.29 is 21.6 Å². The SMILES string of the molecule is Cn1cnn(CN2CCN(S(=O)(=O)c3ccc(Cl)c(C(F)(F)F)c3)CC2)c1=S. The molecular weight excluding hydrogens is 439 g/mol. The third-order valence-corrected chi connectivity index (χ3v) is 7.16. The van der Waals surface area contributed by atoms with E-state index < -0.39 is 31.7 Å². The molecule has 2 aromatic rings. The number of hydrogen-bond acceptors (Lipinski definition) is 5. The third-order valence-electron chi connectivity index (χ3n) is 4.43. The average Bonchev–Trinajstić information content (AvgIpc) is 2.93. The lowest BCUT2D eigenvalue weighted by atomic mass is 10.2. The van der Waals surface area contributed by atoms with E-state index >= 15 is 0 Å². The molecule has 0 radical (unpaired) electrons. The van der Waals surface area contributed by atoms with Crippen LogP contribution in [0.5, 0.6) is 0 Å². The number of halogens is 4. The summed E-state index contributed by atoms with van der Waals surface area (Å²) in [6.45, 7) is 1.50. The van der Waals surface area contributed by atoms with Crippen LogP contribution in [0.25, 0.3) is 0 Å². The van der Waals surface area contributed by atoms with Crippen molar-refractivity contribution in [3.05, 3.63) is 39.9 Å². The minimum absolute atomic E-state index is 0.145. The van der Waals surface area contributed by atoms with Crippen LogP contribution < -0.4 is 0 Å². The van der Waals surface area contributed by atoms with E-state index in [-0.39, 0.29) is 13.1 Å². The first-order chi connectivity index (χ1) is 13.0. The summed E-state index contributed by atoms with van der Waals surface area (Å²) < 4.78 is 69.6. The zero-order valence-electron chi connectivity index (χ0n) is 14.7. The number of hydrogen-bond donors (Lipinski definition) is 0. The molecule has 1 saturated heterocycles. The van der Waals surface area contributed by atoms with E-state index in [1.165, 1.54) is 4.31 Å². The highest BCUT2D eigenvalue weighted by molar-refractivity contribution is 7.89. The van der Waals surface area contributed by atoms with Crippen LogP contribution in [-0.4, -0.2) is 58.1 Å². The first kappa shape index (κ1) is 21.2. The highest BCUT2D eigenvalue weighted by Crippen LogP contribution is 2.36. The minimum Gasteiger partial charge on any atom is -0.310 e. The van der Waals surface area contributed by atoms with Crippen molar-refractivity contribution in [2.45, 2.75) is 17.7 Å². The predicted molar refractivity (Wildman–Crippen MR) is 98.8 cm³/mol. The number of alkyl halides is 3. The second-order valence-electron chi connectivity index (χ2n) is 6.33. The zero-order valence-corrected chi connectivity index (χ0v) is 17.1. The number of nitrogens with zero attached hydrogens (tertiary/aromatic N) is 5. The van der Waals surface area contributed by atoms with E-state index in [0.717, 1.165) is 12.1 Å². The van der Waals surface area contributed by atoms with E-state index in [0.29, 0.717) is 30.6 Å². The van der Waals surface area contributed by atoms with Gasteiger partial charge in [0.1, 0.15) is 6.33 Å². The average molecular weight is 456 g/mol. The molecule has 0 saturated carbocycles. The maximum absolute atomic E-state index is 13.0. The molecule has 1 fully saturated rings. The molecule has 3 rings (SSSR count). The lowest BCUT2D eigenvalue weighted by Crippen LogP contribution is -2.49. The molecule has 0 aliphatic carbocycles. The Morgan fingerprint density at radius 1 is 1.21 bits per heavy atom. The van der Waals surface area contributed by atoms with Crippen LogP contribution in [0.3, 0.4) is 0 Å². The van der Waals surface area contributed by atoms with Crippen molar-refractivity contribution in [3.63, 3.8) is 0 Å². The molecular formula is C15H17ClF3N5O2S2. The van der Waals surface area contributed by atoms with Gasteiger partial charge in [-0.05, 0) is 30.4 Å². The Morgan fingerprint density at radius 2 is 1.86 bits per heavy atom. The maximum atomic E-state index is 13.0. The summed E-state index contributed by atoms with van der Waals surface area (Å²) in [5.74, 6) is 0. The fourth-order valence-corrected chi connectivity index (χ4v) is 4.68. The molecule has 28 heavy (non-hydrogen) atoms. The fourth-order valence-electron chi connectivity index (χ4n) is 2.85. The first-order valence-electron chi connectivity index (χ1n) is 8.18. The molecule has 0 spiro atoms. The molecule has 13 heteroatoms. The minimum atomic E-state index is -4.73. The van der Waals surface area contributed by atoms with Gasteiger partial charge < -0.3 is 4.57 Å². The largest absolute Gasteiger partial charge is 0.417 e. The molecule has 2 heterocycles. The summed E-state index contributed by atoms with van der Waals surface area (Å²) in [6.07, 6.45) is -3.15. The van der Waals surface area contributed by atoms with Gasteiger partial charge in [-0.1, -0.05) is 11.6 Å². The van der Waals surface area contributed by atoms with Crippen LogP contribution in [0.1, 0.15) is 5.56 Å². The zero-order chi connectivity index (χ0) is 20.7. The van der Waals surface area contributed by atoms with Crippen LogP contribution in [0, 0.1) is 4.77 Å². The van der Waals surface area contributed by atoms with Crippen molar-refractivity contribution >= 4 is 33.8 Å². The first-order valence-corrected chi connectivity index (χ1v) is 10.4. The molecule has 1 aromatic heterocycles. The second kappa shape index (κ2) is 7.75. The van der Waals surface area contributed by atoms with Gasteiger partial charge in [0.05, 0.1) is 22.2 Å². The Kier molecular flexibility index (Phi) is 5.88. The van der Waals surface area contributed by atoms with Crippen molar-refractivity contribution in [3.8, 4) is 0 Å². The van der Waals surface area contributed by atoms with Crippen LogP contribution >= 0.6 is 23.8 Å². The van der Waals surface area contributed by atoms with Gasteiger partial charge in [0.15, 0.2) is 4.77 Å². The van der Waals surface area contributed by atoms with Gasteiger partial charge in [-0.15, -0.1) is 0 Å². The summed E-state index contributed by atoms with van der Waals surface area (Å²) in [7, 11) is -2.29. The number of aryl methyl sites for hydroxylation is 1. The maximum Gasteiger partial charge on any atom is 0.417 e. The summed E-state index contributed by atoms with van der Waals surface area (Å²) >= 11 is 10.8. The molecule has 1 aromatic carbocycles. The Hall–Kier alpha value is -1.47. The fraction of sp³-hybridized carbons (Fsp3) is 0.467. The van der Waals surface area contributed by atoms with E-state index in [1.54, 1.807) is 22.6 Å². The standard InChI is InChI=1S/C15H17ClF3N5O2S2/c1-21-9-20-24(14(21)27)10-22-4-6-23(7-5-22)28(25,26)11-2-3-13(16)12(8-11)15(17,18)19/h2-3,8-9H,4-7,10H2,1H3. The van der Waals surface area contributed by atoms with Crippen molar-refractivity contribution in [2.75, 3.05) is 26.2 Å². The smallest absolute Gasteiger partial charge is 0.310 e. The quantitative estimate of drug-likeness (QED) is 0.663. The predicted octanol–water partition coefficient (Wildman–Crippen LogP) is 2.59. The van der Waals surface area contributed by atoms with Crippen LogP contribution in [0.15, 0.2) is 29.4 Å². The number of sulfonamides is 1. The molecule has 0 atom stereocenters. The summed E-state index contributed by atoms with van der Waals surface area (Å²) in [5, 5.41) is 3.61. The van der Waals surface area contributed by atoms with Gasteiger partial charge in [-0.3, -0.25) is 4.90 Å². The Labute approximate surface area is 170 Å². The van der Waals surface area contributed by atoms with Gasteiger partial charge in [0, 0.05) is 33.2 Å². The normalized spacial score (nSPS) is 17.2. The Bertz CT molecular complexity index is 1030. The van der Waals surface area contributed by atoms with Gasteiger partial charge in [-0.25, -0.2) is 13.1 Å². The van der Waals surface area contributed by atoms with Gasteiger partial charge in [-0.2, -0.15) is 22.6 Å². The topological polar surface area (TPSA) is 63.4 Å². The molecule has 0 bridgehead atoms. The van der Waals surface area contributed by atoms with Crippen LogP contribution in [0.4, 0.5) is 13.2 Å².